The van der Waals surface area contributed by atoms with Crippen molar-refractivity contribution in [1.29, 1.82) is 0 Å². The number of hydrogen-bond acceptors (Lipinski definition) is 3. The quantitative estimate of drug-likeness (QED) is 0.298. The van der Waals surface area contributed by atoms with E-state index in [1.165, 1.54) is 32.5 Å². The van der Waals surface area contributed by atoms with E-state index >= 15 is 0 Å². The molecule has 0 unspecified atom stereocenters. The van der Waals surface area contributed by atoms with Crippen LogP contribution in [-0.4, -0.2) is 30.0 Å². The maximum Gasteiger partial charge on any atom is 0.136 e. The molecular weight excluding hydrogens is 460 g/mol. The highest BCUT2D eigenvalue weighted by atomic mass is 32.3. The Balaban J connectivity index is 0.000000181. The van der Waals surface area contributed by atoms with Crippen LogP contribution in [0, 0.1) is 5.92 Å². The van der Waals surface area contributed by atoms with Gasteiger partial charge in [0.2, 0.25) is 0 Å². The first-order valence-electron chi connectivity index (χ1n) is 12.6. The number of fused-ring (bicyclic) bond motifs is 4. The number of para-hydroxylation sites is 1. The highest BCUT2D eigenvalue weighted by molar-refractivity contribution is 8.32. The second-order valence-electron chi connectivity index (χ2n) is 11.3. The van der Waals surface area contributed by atoms with Crippen molar-refractivity contribution in [2.45, 2.75) is 51.6 Å². The van der Waals surface area contributed by atoms with E-state index in [4.69, 9.17) is 4.42 Å². The summed E-state index contributed by atoms with van der Waals surface area (Å²) in [5.41, 5.74) is 8.09. The Morgan fingerprint density at radius 1 is 1.00 bits per heavy atom. The van der Waals surface area contributed by atoms with Gasteiger partial charge < -0.3 is 9.73 Å². The van der Waals surface area contributed by atoms with Crippen LogP contribution in [0.4, 0.5) is 0 Å². The predicted molar refractivity (Wildman–Crippen MR) is 161 cm³/mol. The molecule has 0 aliphatic carbocycles. The van der Waals surface area contributed by atoms with Gasteiger partial charge in [0, 0.05) is 38.2 Å². The van der Waals surface area contributed by atoms with Crippen molar-refractivity contribution < 1.29 is 4.42 Å². The molecule has 0 radical (unpaired) electrons. The third-order valence-electron chi connectivity index (χ3n) is 7.20. The average Bonchev–Trinajstić information content (AvgIpc) is 3.37. The number of aliphatic imine (C=N–C) groups is 1. The summed E-state index contributed by atoms with van der Waals surface area (Å²) >= 11 is 0. The number of nitrogens with zero attached hydrogens (tertiary/aromatic N) is 1. The van der Waals surface area contributed by atoms with E-state index in [9.17, 15) is 0 Å². The van der Waals surface area contributed by atoms with Crippen LogP contribution >= 0.6 is 10.0 Å². The molecule has 4 aromatic rings. The maximum absolute atomic E-state index is 6.11. The van der Waals surface area contributed by atoms with Gasteiger partial charge in [-0.15, -0.1) is 0 Å². The molecule has 3 aromatic carbocycles. The van der Waals surface area contributed by atoms with Crippen LogP contribution in [0.25, 0.3) is 27.6 Å². The van der Waals surface area contributed by atoms with Gasteiger partial charge in [-0.3, -0.25) is 4.99 Å². The first kappa shape index (κ1) is 26.1. The largest absolute Gasteiger partial charge is 0.456 e. The molecule has 0 spiro atoms. The monoisotopic (exact) mass is 500 g/mol. The van der Waals surface area contributed by atoms with Crippen molar-refractivity contribution in [1.82, 2.24) is 5.32 Å². The molecule has 0 atom stereocenters. The van der Waals surface area contributed by atoms with Gasteiger partial charge in [0.1, 0.15) is 11.2 Å². The molecule has 36 heavy (non-hydrogen) atoms. The molecule has 1 aliphatic rings. The minimum atomic E-state index is -0.890. The van der Waals surface area contributed by atoms with Gasteiger partial charge in [-0.05, 0) is 68.7 Å². The molecule has 0 fully saturated rings. The summed E-state index contributed by atoms with van der Waals surface area (Å²) in [6.45, 7) is 15.8. The topological polar surface area (TPSA) is 37.5 Å². The molecule has 1 aliphatic heterocycles. The lowest BCUT2D eigenvalue weighted by Crippen LogP contribution is -2.42. The van der Waals surface area contributed by atoms with Crippen molar-refractivity contribution in [2.24, 2.45) is 10.9 Å². The van der Waals surface area contributed by atoms with Crippen LogP contribution in [0.1, 0.15) is 51.3 Å². The number of nitrogens with one attached hydrogen (secondary N) is 1. The van der Waals surface area contributed by atoms with Crippen LogP contribution in [0.5, 0.6) is 0 Å². The minimum Gasteiger partial charge on any atom is -0.456 e. The lowest BCUT2D eigenvalue weighted by atomic mass is 9.90. The van der Waals surface area contributed by atoms with Gasteiger partial charge in [0.05, 0.1) is 6.54 Å². The number of benzene rings is 3. The van der Waals surface area contributed by atoms with E-state index in [0.29, 0.717) is 5.92 Å². The van der Waals surface area contributed by atoms with Gasteiger partial charge in [0.15, 0.2) is 0 Å². The minimum absolute atomic E-state index is 0.0763. The summed E-state index contributed by atoms with van der Waals surface area (Å²) in [5.74, 6) is 0.568. The zero-order valence-corrected chi connectivity index (χ0v) is 23.8. The predicted octanol–water partition coefficient (Wildman–Crippen LogP) is 8.64. The van der Waals surface area contributed by atoms with Gasteiger partial charge >= 0.3 is 0 Å². The Bertz CT molecular complexity index is 1440. The van der Waals surface area contributed by atoms with Crippen LogP contribution in [-0.2, 0) is 6.54 Å². The van der Waals surface area contributed by atoms with Gasteiger partial charge in [-0.25, -0.2) is 10.0 Å². The second-order valence-corrected chi connectivity index (χ2v) is 15.4. The molecule has 0 saturated carbocycles. The molecule has 5 rings (SSSR count). The highest BCUT2D eigenvalue weighted by Crippen LogP contribution is 2.54. The highest BCUT2D eigenvalue weighted by Gasteiger charge is 2.27. The third-order valence-corrected chi connectivity index (χ3v) is 8.84. The first-order valence-corrected chi connectivity index (χ1v) is 15.5. The Morgan fingerprint density at radius 2 is 1.64 bits per heavy atom. The van der Waals surface area contributed by atoms with Crippen molar-refractivity contribution >= 4 is 43.4 Å². The second kappa shape index (κ2) is 9.82. The molecular formula is C32H40N2OS. The van der Waals surface area contributed by atoms with E-state index in [-0.39, 0.29) is 5.54 Å². The van der Waals surface area contributed by atoms with Gasteiger partial charge in [-0.2, -0.15) is 0 Å². The van der Waals surface area contributed by atoms with Crippen LogP contribution in [0.3, 0.4) is 0 Å². The van der Waals surface area contributed by atoms with Gasteiger partial charge in [0.25, 0.3) is 0 Å². The SMILES string of the molecule is C=C(NC(C)(C)C(C)C)c1ccccc1.CC1=NCc2cc3oc4ccccc4c3c(S(C)(C)C)c21. The summed E-state index contributed by atoms with van der Waals surface area (Å²) < 4.78 is 6.11. The summed E-state index contributed by atoms with van der Waals surface area (Å²) in [5, 5.41) is 6.00. The van der Waals surface area contributed by atoms with Crippen LogP contribution < -0.4 is 5.32 Å². The molecule has 0 saturated heterocycles. The number of hydrogen-bond donors (Lipinski definition) is 1. The van der Waals surface area contributed by atoms with E-state index < -0.39 is 10.0 Å². The standard InChI is InChI=1S/C18H19NOS.C14H21N/c1-11-16-12(10-19-11)9-15-17(18(16)21(2,3)4)13-7-5-6-8-14(13)20-15;1-11(2)14(4,5)15-12(3)13-9-7-6-8-10-13/h5-9H,10H2,1-4H3;6-11,15H,3H2,1-2,4-5H3. The molecule has 0 bridgehead atoms. The Hall–Kier alpha value is -2.98. The molecule has 2 heterocycles. The van der Waals surface area contributed by atoms with Crippen LogP contribution in [0.2, 0.25) is 0 Å². The van der Waals surface area contributed by atoms with Crippen molar-refractivity contribution in [2.75, 3.05) is 18.8 Å². The normalized spacial score (nSPS) is 13.9. The summed E-state index contributed by atoms with van der Waals surface area (Å²) in [6.07, 6.45) is 7.07. The smallest absolute Gasteiger partial charge is 0.136 e. The van der Waals surface area contributed by atoms with E-state index in [2.05, 4.69) is 107 Å². The summed E-state index contributed by atoms with van der Waals surface area (Å²) in [7, 11) is -0.890. The lowest BCUT2D eigenvalue weighted by molar-refractivity contribution is 0.328. The zero-order valence-electron chi connectivity index (χ0n) is 23.0. The van der Waals surface area contributed by atoms with Crippen LogP contribution in [0.15, 0.2) is 81.5 Å². The van der Waals surface area contributed by atoms with Gasteiger partial charge in [-0.1, -0.05) is 69.0 Å². The molecule has 4 heteroatoms. The summed E-state index contributed by atoms with van der Waals surface area (Å²) in [4.78, 5) is 6.11. The fraction of sp³-hybridized carbons (Fsp3) is 0.344. The fourth-order valence-corrected chi connectivity index (χ4v) is 6.28. The summed E-state index contributed by atoms with van der Waals surface area (Å²) in [6, 6.07) is 20.8. The maximum atomic E-state index is 6.11. The molecule has 190 valence electrons. The average molecular weight is 501 g/mol. The Labute approximate surface area is 218 Å². The molecule has 1 aromatic heterocycles. The molecule has 0 amide bonds. The molecule has 3 nitrogen and oxygen atoms in total. The van der Waals surface area contributed by atoms with Crippen molar-refractivity contribution in [3.63, 3.8) is 0 Å². The Kier molecular flexibility index (Phi) is 7.12. The fourth-order valence-electron chi connectivity index (χ4n) is 4.56. The zero-order chi connectivity index (χ0) is 26.3. The first-order chi connectivity index (χ1) is 16.9. The lowest BCUT2D eigenvalue weighted by Gasteiger charge is -2.32. The number of rotatable bonds is 5. The van der Waals surface area contributed by atoms with E-state index in [0.717, 1.165) is 29.0 Å². The van der Waals surface area contributed by atoms with E-state index in [1.54, 1.807) is 0 Å². The number of furan rings is 1. The van der Waals surface area contributed by atoms with Crippen molar-refractivity contribution in [3.05, 3.63) is 83.9 Å². The Morgan fingerprint density at radius 3 is 2.28 bits per heavy atom. The third kappa shape index (κ3) is 5.10. The molecule has 1 N–H and O–H groups in total. The van der Waals surface area contributed by atoms with E-state index in [1.807, 2.05) is 24.3 Å². The van der Waals surface area contributed by atoms with Crippen molar-refractivity contribution in [3.8, 4) is 0 Å².